The number of carbonyl (C=O) groups is 2. The van der Waals surface area contributed by atoms with Gasteiger partial charge >= 0.3 is 12.1 Å². The first-order valence-corrected chi connectivity index (χ1v) is 3.27. The molecule has 0 aliphatic heterocycles. The van der Waals surface area contributed by atoms with Crippen molar-refractivity contribution in [2.45, 2.75) is 12.8 Å². The van der Waals surface area contributed by atoms with Crippen LogP contribution in [0.3, 0.4) is 0 Å². The predicted molar refractivity (Wildman–Crippen MR) is 35.3 cm³/mol. The highest BCUT2D eigenvalue weighted by atomic mass is 16.4. The van der Waals surface area contributed by atoms with Crippen molar-refractivity contribution in [1.29, 1.82) is 0 Å². The molecular formula is C6H9NO4. The molecule has 0 aromatic rings. The third-order valence-corrected chi connectivity index (χ3v) is 1.89. The van der Waals surface area contributed by atoms with Gasteiger partial charge in [0.15, 0.2) is 0 Å². The summed E-state index contributed by atoms with van der Waals surface area (Å²) in [6, 6.07) is 0. The summed E-state index contributed by atoms with van der Waals surface area (Å²) in [6.45, 7) is 0.0255. The first kappa shape index (κ1) is 7.84. The minimum absolute atomic E-state index is 0.0255. The molecule has 0 atom stereocenters. The zero-order valence-corrected chi connectivity index (χ0v) is 5.83. The zero-order chi connectivity index (χ0) is 8.48. The van der Waals surface area contributed by atoms with Crippen LogP contribution in [0.4, 0.5) is 4.79 Å². The van der Waals surface area contributed by atoms with E-state index in [1.165, 1.54) is 0 Å². The van der Waals surface area contributed by atoms with Crippen molar-refractivity contribution in [2.24, 2.45) is 5.41 Å². The first-order chi connectivity index (χ1) is 5.07. The van der Waals surface area contributed by atoms with Gasteiger partial charge < -0.3 is 15.5 Å². The van der Waals surface area contributed by atoms with Gasteiger partial charge in [-0.2, -0.15) is 0 Å². The monoisotopic (exact) mass is 159 g/mol. The molecule has 1 saturated carbocycles. The Morgan fingerprint density at radius 1 is 1.36 bits per heavy atom. The van der Waals surface area contributed by atoms with Gasteiger partial charge in [-0.1, -0.05) is 0 Å². The number of aliphatic carboxylic acids is 1. The predicted octanol–water partition coefficient (Wildman–Crippen LogP) is 0.119. The topological polar surface area (TPSA) is 86.6 Å². The second-order valence-corrected chi connectivity index (χ2v) is 2.74. The van der Waals surface area contributed by atoms with Crippen molar-refractivity contribution in [2.75, 3.05) is 6.54 Å². The maximum Gasteiger partial charge on any atom is 0.404 e. The Balaban J connectivity index is 2.36. The van der Waals surface area contributed by atoms with Crippen LogP contribution in [0.15, 0.2) is 0 Å². The minimum Gasteiger partial charge on any atom is -0.481 e. The minimum atomic E-state index is -1.17. The Morgan fingerprint density at radius 2 is 1.91 bits per heavy atom. The van der Waals surface area contributed by atoms with Crippen LogP contribution in [-0.4, -0.2) is 28.8 Å². The van der Waals surface area contributed by atoms with Gasteiger partial charge in [0.2, 0.25) is 0 Å². The number of amides is 1. The summed E-state index contributed by atoms with van der Waals surface area (Å²) < 4.78 is 0. The molecule has 1 rings (SSSR count). The van der Waals surface area contributed by atoms with E-state index in [0.29, 0.717) is 12.8 Å². The van der Waals surface area contributed by atoms with Crippen molar-refractivity contribution in [3.8, 4) is 0 Å². The Kier molecular flexibility index (Phi) is 1.72. The Labute approximate surface area is 63.0 Å². The molecule has 1 fully saturated rings. The summed E-state index contributed by atoms with van der Waals surface area (Å²) in [6.07, 6.45) is -0.0249. The van der Waals surface area contributed by atoms with E-state index in [1.807, 2.05) is 0 Å². The average Bonchev–Trinajstić information content (AvgIpc) is 2.63. The van der Waals surface area contributed by atoms with E-state index in [9.17, 15) is 9.59 Å². The van der Waals surface area contributed by atoms with Crippen LogP contribution in [0.2, 0.25) is 0 Å². The summed E-state index contributed by atoms with van der Waals surface area (Å²) in [5.41, 5.74) is -0.793. The summed E-state index contributed by atoms with van der Waals surface area (Å²) in [5, 5.41) is 18.8. The fourth-order valence-corrected chi connectivity index (χ4v) is 0.862. The molecular weight excluding hydrogens is 150 g/mol. The molecule has 1 aliphatic rings. The molecule has 0 aromatic carbocycles. The number of nitrogens with one attached hydrogen (secondary N) is 1. The largest absolute Gasteiger partial charge is 0.481 e. The number of carboxylic acids is 1. The summed E-state index contributed by atoms with van der Waals surface area (Å²) in [5.74, 6) is -0.911. The third-order valence-electron chi connectivity index (χ3n) is 1.89. The molecule has 1 amide bonds. The molecule has 0 unspecified atom stereocenters. The van der Waals surface area contributed by atoms with Crippen molar-refractivity contribution >= 4 is 12.1 Å². The van der Waals surface area contributed by atoms with Gasteiger partial charge in [0.1, 0.15) is 0 Å². The van der Waals surface area contributed by atoms with E-state index in [-0.39, 0.29) is 6.54 Å². The molecule has 0 spiro atoms. The Morgan fingerprint density at radius 3 is 2.18 bits per heavy atom. The lowest BCUT2D eigenvalue weighted by molar-refractivity contribution is -0.143. The Hall–Kier alpha value is -1.26. The smallest absolute Gasteiger partial charge is 0.404 e. The van der Waals surface area contributed by atoms with Crippen LogP contribution in [0.25, 0.3) is 0 Å². The highest BCUT2D eigenvalue weighted by Crippen LogP contribution is 2.45. The quantitative estimate of drug-likeness (QED) is 0.545. The number of hydrogen-bond acceptors (Lipinski definition) is 2. The van der Waals surface area contributed by atoms with Crippen molar-refractivity contribution in [3.05, 3.63) is 0 Å². The van der Waals surface area contributed by atoms with Crippen molar-refractivity contribution in [1.82, 2.24) is 5.32 Å². The van der Waals surface area contributed by atoms with Gasteiger partial charge in [-0.3, -0.25) is 4.79 Å². The van der Waals surface area contributed by atoms with Crippen LogP contribution in [-0.2, 0) is 4.79 Å². The van der Waals surface area contributed by atoms with Crippen LogP contribution < -0.4 is 5.32 Å². The van der Waals surface area contributed by atoms with E-state index >= 15 is 0 Å². The SMILES string of the molecule is O=C(O)NCC1(C(=O)O)CC1. The first-order valence-electron chi connectivity index (χ1n) is 3.27. The van der Waals surface area contributed by atoms with E-state index in [4.69, 9.17) is 10.2 Å². The van der Waals surface area contributed by atoms with E-state index < -0.39 is 17.5 Å². The molecule has 0 radical (unpaired) electrons. The average molecular weight is 159 g/mol. The van der Waals surface area contributed by atoms with Crippen LogP contribution in [0, 0.1) is 5.41 Å². The normalized spacial score (nSPS) is 18.9. The maximum absolute atomic E-state index is 10.5. The highest BCUT2D eigenvalue weighted by molar-refractivity contribution is 5.79. The lowest BCUT2D eigenvalue weighted by atomic mass is 10.1. The molecule has 1 aliphatic carbocycles. The number of rotatable bonds is 3. The molecule has 3 N–H and O–H groups in total. The van der Waals surface area contributed by atoms with Gasteiger partial charge in [-0.05, 0) is 12.8 Å². The van der Waals surface area contributed by atoms with E-state index in [2.05, 4.69) is 5.32 Å². The molecule has 0 saturated heterocycles. The van der Waals surface area contributed by atoms with Crippen LogP contribution in [0.5, 0.6) is 0 Å². The standard InChI is InChI=1S/C6H9NO4/c8-4(9)6(1-2-6)3-7-5(10)11/h7H,1-3H2,(H,8,9)(H,10,11). The second kappa shape index (κ2) is 2.41. The zero-order valence-electron chi connectivity index (χ0n) is 5.83. The maximum atomic E-state index is 10.5. The van der Waals surface area contributed by atoms with E-state index in [1.54, 1.807) is 0 Å². The fraction of sp³-hybridized carbons (Fsp3) is 0.667. The van der Waals surface area contributed by atoms with Gasteiger partial charge in [-0.15, -0.1) is 0 Å². The van der Waals surface area contributed by atoms with Gasteiger partial charge in [-0.25, -0.2) is 4.79 Å². The number of hydrogen-bond donors (Lipinski definition) is 3. The molecule has 0 bridgehead atoms. The van der Waals surface area contributed by atoms with Gasteiger partial charge in [0, 0.05) is 6.54 Å². The lowest BCUT2D eigenvalue weighted by Gasteiger charge is -2.07. The van der Waals surface area contributed by atoms with Crippen LogP contribution >= 0.6 is 0 Å². The number of carboxylic acid groups (broad SMARTS) is 2. The van der Waals surface area contributed by atoms with Gasteiger partial charge in [0.05, 0.1) is 5.41 Å². The summed E-state index contributed by atoms with van der Waals surface area (Å²) in [7, 11) is 0. The molecule has 62 valence electrons. The summed E-state index contributed by atoms with van der Waals surface area (Å²) in [4.78, 5) is 20.5. The fourth-order valence-electron chi connectivity index (χ4n) is 0.862. The lowest BCUT2D eigenvalue weighted by Crippen LogP contribution is -2.33. The third kappa shape index (κ3) is 1.60. The molecule has 5 nitrogen and oxygen atoms in total. The van der Waals surface area contributed by atoms with Crippen molar-refractivity contribution in [3.63, 3.8) is 0 Å². The van der Waals surface area contributed by atoms with Crippen molar-refractivity contribution < 1.29 is 19.8 Å². The molecule has 0 aromatic heterocycles. The van der Waals surface area contributed by atoms with Gasteiger partial charge in [0.25, 0.3) is 0 Å². The highest BCUT2D eigenvalue weighted by Gasteiger charge is 2.50. The second-order valence-electron chi connectivity index (χ2n) is 2.74. The van der Waals surface area contributed by atoms with Crippen LogP contribution in [0.1, 0.15) is 12.8 Å². The molecule has 11 heavy (non-hydrogen) atoms. The Bertz CT molecular complexity index is 197. The summed E-state index contributed by atoms with van der Waals surface area (Å²) >= 11 is 0. The molecule has 0 heterocycles. The molecule has 5 heteroatoms. The van der Waals surface area contributed by atoms with E-state index in [0.717, 1.165) is 0 Å².